The van der Waals surface area contributed by atoms with Crippen LogP contribution in [0.3, 0.4) is 0 Å². The van der Waals surface area contributed by atoms with E-state index < -0.39 is 12.1 Å². The molecular formula is C20H23NO4. The number of para-hydroxylation sites is 1. The molecule has 25 heavy (non-hydrogen) atoms. The molecule has 0 unspecified atom stereocenters. The number of phenols is 1. The first kappa shape index (κ1) is 18.5. The van der Waals surface area contributed by atoms with Crippen LogP contribution in [0.15, 0.2) is 48.5 Å². The van der Waals surface area contributed by atoms with Gasteiger partial charge in [-0.2, -0.15) is 0 Å². The number of hydrogen-bond donors (Lipinski definition) is 2. The van der Waals surface area contributed by atoms with Gasteiger partial charge in [0.05, 0.1) is 0 Å². The first-order valence-electron chi connectivity index (χ1n) is 8.22. The van der Waals surface area contributed by atoms with Crippen LogP contribution in [0.25, 0.3) is 0 Å². The number of esters is 1. The van der Waals surface area contributed by atoms with E-state index in [2.05, 4.69) is 5.32 Å². The molecule has 0 aromatic heterocycles. The molecule has 0 aliphatic rings. The minimum Gasteiger partial charge on any atom is -0.507 e. The van der Waals surface area contributed by atoms with Crippen LogP contribution < -0.4 is 5.32 Å². The summed E-state index contributed by atoms with van der Waals surface area (Å²) in [5, 5.41) is 12.7. The molecule has 0 bridgehead atoms. The van der Waals surface area contributed by atoms with Gasteiger partial charge in [-0.15, -0.1) is 0 Å². The maximum Gasteiger partial charge on any atom is 0.342 e. The molecule has 2 aromatic carbocycles. The monoisotopic (exact) mass is 341 g/mol. The molecular weight excluding hydrogens is 318 g/mol. The normalized spacial score (nSPS) is 12.9. The maximum absolute atomic E-state index is 12.1. The number of hydrogen-bond acceptors (Lipinski definition) is 4. The smallest absolute Gasteiger partial charge is 0.342 e. The highest BCUT2D eigenvalue weighted by Crippen LogP contribution is 2.22. The van der Waals surface area contributed by atoms with Crippen molar-refractivity contribution in [2.45, 2.75) is 32.8 Å². The zero-order valence-corrected chi connectivity index (χ0v) is 14.7. The molecule has 0 heterocycles. The SMILES string of the molecule is Cc1cccc(C(=O)O[C@H](C)C(=O)NC[C@@H](C)c2ccccc2)c1O. The van der Waals surface area contributed by atoms with Gasteiger partial charge >= 0.3 is 5.97 Å². The topological polar surface area (TPSA) is 75.6 Å². The third-order valence-electron chi connectivity index (χ3n) is 4.06. The van der Waals surface area contributed by atoms with E-state index in [4.69, 9.17) is 4.74 Å². The van der Waals surface area contributed by atoms with Crippen molar-refractivity contribution < 1.29 is 19.4 Å². The zero-order valence-electron chi connectivity index (χ0n) is 14.7. The Morgan fingerprint density at radius 2 is 1.76 bits per heavy atom. The van der Waals surface area contributed by atoms with Crippen LogP contribution in [-0.2, 0) is 9.53 Å². The Morgan fingerprint density at radius 1 is 1.08 bits per heavy atom. The minimum absolute atomic E-state index is 0.0531. The van der Waals surface area contributed by atoms with Gasteiger partial charge in [0.15, 0.2) is 6.10 Å². The summed E-state index contributed by atoms with van der Waals surface area (Å²) in [7, 11) is 0. The lowest BCUT2D eigenvalue weighted by Gasteiger charge is -2.17. The Labute approximate surface area is 147 Å². The number of carbonyl (C=O) groups is 2. The highest BCUT2D eigenvalue weighted by molar-refractivity contribution is 5.94. The van der Waals surface area contributed by atoms with Gasteiger partial charge in [-0.3, -0.25) is 4.79 Å². The highest BCUT2D eigenvalue weighted by Gasteiger charge is 2.21. The molecule has 0 spiro atoms. The summed E-state index contributed by atoms with van der Waals surface area (Å²) in [4.78, 5) is 24.3. The Hall–Kier alpha value is -2.82. The first-order valence-corrected chi connectivity index (χ1v) is 8.22. The summed E-state index contributed by atoms with van der Waals surface area (Å²) in [5.74, 6) is -1.07. The second-order valence-corrected chi connectivity index (χ2v) is 6.08. The Kier molecular flexibility index (Phi) is 6.17. The Morgan fingerprint density at radius 3 is 2.44 bits per heavy atom. The van der Waals surface area contributed by atoms with Crippen LogP contribution in [-0.4, -0.2) is 29.6 Å². The van der Waals surface area contributed by atoms with E-state index in [-0.39, 0.29) is 23.1 Å². The van der Waals surface area contributed by atoms with Crippen molar-refractivity contribution in [3.05, 3.63) is 65.2 Å². The number of benzene rings is 2. The van der Waals surface area contributed by atoms with Crippen LogP contribution in [0.5, 0.6) is 5.75 Å². The van der Waals surface area contributed by atoms with Crippen molar-refractivity contribution in [2.24, 2.45) is 0 Å². The van der Waals surface area contributed by atoms with Crippen molar-refractivity contribution in [2.75, 3.05) is 6.54 Å². The third-order valence-corrected chi connectivity index (χ3v) is 4.06. The van der Waals surface area contributed by atoms with Crippen molar-refractivity contribution in [3.8, 4) is 5.75 Å². The average Bonchev–Trinajstić information content (AvgIpc) is 2.62. The fraction of sp³-hybridized carbons (Fsp3) is 0.300. The largest absolute Gasteiger partial charge is 0.507 e. The standard InChI is InChI=1S/C20H23NO4/c1-13-8-7-11-17(18(13)22)20(24)25-15(3)19(23)21-12-14(2)16-9-5-4-6-10-16/h4-11,14-15,22H,12H2,1-3H3,(H,21,23)/t14-,15-/m1/s1. The van der Waals surface area contributed by atoms with Crippen molar-refractivity contribution in [1.29, 1.82) is 0 Å². The summed E-state index contributed by atoms with van der Waals surface area (Å²) in [6.45, 7) is 5.65. The van der Waals surface area contributed by atoms with E-state index in [1.54, 1.807) is 19.1 Å². The highest BCUT2D eigenvalue weighted by atomic mass is 16.5. The van der Waals surface area contributed by atoms with Gasteiger partial charge in [-0.25, -0.2) is 4.79 Å². The van der Waals surface area contributed by atoms with Crippen LogP contribution in [0, 0.1) is 6.92 Å². The molecule has 1 amide bonds. The van der Waals surface area contributed by atoms with Gasteiger partial charge in [-0.05, 0) is 37.0 Å². The molecule has 5 nitrogen and oxygen atoms in total. The van der Waals surface area contributed by atoms with Gasteiger partial charge in [0, 0.05) is 6.54 Å². The van der Waals surface area contributed by atoms with E-state index in [1.165, 1.54) is 13.0 Å². The number of amides is 1. The molecule has 132 valence electrons. The zero-order chi connectivity index (χ0) is 18.4. The lowest BCUT2D eigenvalue weighted by Crippen LogP contribution is -2.37. The van der Waals surface area contributed by atoms with Gasteiger partial charge in [0.2, 0.25) is 0 Å². The van der Waals surface area contributed by atoms with Crippen LogP contribution in [0.4, 0.5) is 0 Å². The molecule has 0 aliphatic carbocycles. The number of rotatable bonds is 6. The second-order valence-electron chi connectivity index (χ2n) is 6.08. The van der Waals surface area contributed by atoms with Gasteiger partial charge in [-0.1, -0.05) is 49.4 Å². The maximum atomic E-state index is 12.1. The molecule has 0 fully saturated rings. The van der Waals surface area contributed by atoms with E-state index in [9.17, 15) is 14.7 Å². The molecule has 2 atom stereocenters. The molecule has 2 aromatic rings. The van der Waals surface area contributed by atoms with Gasteiger partial charge in [0.25, 0.3) is 5.91 Å². The quantitative estimate of drug-likeness (QED) is 0.791. The Balaban J connectivity index is 1.89. The van der Waals surface area contributed by atoms with E-state index in [1.807, 2.05) is 37.3 Å². The average molecular weight is 341 g/mol. The Bertz CT molecular complexity index is 743. The molecule has 5 heteroatoms. The lowest BCUT2D eigenvalue weighted by molar-refractivity contribution is -0.129. The molecule has 0 aliphatic heterocycles. The minimum atomic E-state index is -0.949. The fourth-order valence-corrected chi connectivity index (χ4v) is 2.40. The number of ether oxygens (including phenoxy) is 1. The van der Waals surface area contributed by atoms with E-state index >= 15 is 0 Å². The fourth-order valence-electron chi connectivity index (χ4n) is 2.40. The van der Waals surface area contributed by atoms with E-state index in [0.29, 0.717) is 12.1 Å². The lowest BCUT2D eigenvalue weighted by atomic mass is 10.0. The summed E-state index contributed by atoms with van der Waals surface area (Å²) in [6, 6.07) is 14.6. The molecule has 0 saturated carbocycles. The predicted octanol–water partition coefficient (Wildman–Crippen LogP) is 3.17. The molecule has 0 saturated heterocycles. The number of aromatic hydroxyl groups is 1. The van der Waals surface area contributed by atoms with Crippen molar-refractivity contribution >= 4 is 11.9 Å². The van der Waals surface area contributed by atoms with Crippen LogP contribution in [0.1, 0.15) is 41.3 Å². The van der Waals surface area contributed by atoms with Crippen LogP contribution in [0.2, 0.25) is 0 Å². The molecule has 0 radical (unpaired) electrons. The van der Waals surface area contributed by atoms with Gasteiger partial charge in [0.1, 0.15) is 11.3 Å². The third kappa shape index (κ3) is 4.83. The number of nitrogens with one attached hydrogen (secondary N) is 1. The summed E-state index contributed by atoms with van der Waals surface area (Å²) in [5.41, 5.74) is 1.75. The first-order chi connectivity index (χ1) is 11.9. The summed E-state index contributed by atoms with van der Waals surface area (Å²) >= 11 is 0. The van der Waals surface area contributed by atoms with Crippen molar-refractivity contribution in [3.63, 3.8) is 0 Å². The number of phenolic OH excluding ortho intramolecular Hbond substituents is 1. The second kappa shape index (κ2) is 8.33. The molecule has 2 rings (SSSR count). The van der Waals surface area contributed by atoms with E-state index in [0.717, 1.165) is 5.56 Å². The number of aryl methyl sites for hydroxylation is 1. The van der Waals surface area contributed by atoms with Crippen molar-refractivity contribution in [1.82, 2.24) is 5.32 Å². The molecule has 2 N–H and O–H groups in total. The predicted molar refractivity (Wildman–Crippen MR) is 95.6 cm³/mol. The van der Waals surface area contributed by atoms with Crippen LogP contribution >= 0.6 is 0 Å². The number of carbonyl (C=O) groups excluding carboxylic acids is 2. The summed E-state index contributed by atoms with van der Waals surface area (Å²) in [6.07, 6.45) is -0.949. The summed E-state index contributed by atoms with van der Waals surface area (Å²) < 4.78 is 5.16. The van der Waals surface area contributed by atoms with Gasteiger partial charge < -0.3 is 15.2 Å².